The third-order valence-electron chi connectivity index (χ3n) is 2.76. The smallest absolute Gasteiger partial charge is 0.312 e. The van der Waals surface area contributed by atoms with E-state index in [0.717, 1.165) is 11.1 Å². The van der Waals surface area contributed by atoms with E-state index in [-0.39, 0.29) is 23.6 Å². The van der Waals surface area contributed by atoms with E-state index in [2.05, 4.69) is 0 Å². The number of nitro benzene ring substituents is 1. The number of nitro groups is 1. The van der Waals surface area contributed by atoms with Crippen LogP contribution < -0.4 is 4.74 Å². The zero-order valence-electron chi connectivity index (χ0n) is 10.9. The third-order valence-corrected chi connectivity index (χ3v) is 2.76. The van der Waals surface area contributed by atoms with Gasteiger partial charge in [0, 0.05) is 6.07 Å². The number of hydrogen-bond acceptors (Lipinski definition) is 4. The maximum atomic E-state index is 11.0. The second-order valence-corrected chi connectivity index (χ2v) is 4.33. The van der Waals surface area contributed by atoms with Crippen LogP contribution in [0.1, 0.15) is 16.7 Å². The van der Waals surface area contributed by atoms with Gasteiger partial charge in [-0.3, -0.25) is 10.1 Å². The Morgan fingerprint density at radius 2 is 2.10 bits per heavy atom. The van der Waals surface area contributed by atoms with Gasteiger partial charge in [0.1, 0.15) is 6.61 Å². The average molecular weight is 268 g/mol. The first-order valence-corrected chi connectivity index (χ1v) is 5.97. The second-order valence-electron chi connectivity index (χ2n) is 4.33. The zero-order chi connectivity index (χ0) is 14.5. The Labute approximate surface area is 116 Å². The number of rotatable bonds is 4. The highest BCUT2D eigenvalue weighted by atomic mass is 16.6. The van der Waals surface area contributed by atoms with Gasteiger partial charge < -0.3 is 4.74 Å². The van der Waals surface area contributed by atoms with Crippen LogP contribution in [-0.2, 0) is 6.61 Å². The summed E-state index contributed by atoms with van der Waals surface area (Å²) in [6, 6.07) is 13.7. The number of benzene rings is 2. The van der Waals surface area contributed by atoms with E-state index < -0.39 is 4.92 Å². The molecule has 0 aliphatic heterocycles. The Hall–Kier alpha value is -2.87. The Morgan fingerprint density at radius 3 is 2.75 bits per heavy atom. The van der Waals surface area contributed by atoms with E-state index in [0.29, 0.717) is 0 Å². The Kier molecular flexibility index (Phi) is 3.96. The molecular weight excluding hydrogens is 256 g/mol. The molecule has 20 heavy (non-hydrogen) atoms. The van der Waals surface area contributed by atoms with E-state index in [4.69, 9.17) is 10.00 Å². The predicted molar refractivity (Wildman–Crippen MR) is 73.3 cm³/mol. The lowest BCUT2D eigenvalue weighted by Gasteiger charge is -2.07. The minimum absolute atomic E-state index is 0.163. The third kappa shape index (κ3) is 3.12. The molecule has 0 N–H and O–H groups in total. The largest absolute Gasteiger partial charge is 0.482 e. The molecule has 0 radical (unpaired) electrons. The van der Waals surface area contributed by atoms with Gasteiger partial charge >= 0.3 is 5.69 Å². The van der Waals surface area contributed by atoms with Crippen LogP contribution in [0.5, 0.6) is 5.75 Å². The first-order valence-electron chi connectivity index (χ1n) is 5.97. The van der Waals surface area contributed by atoms with E-state index >= 15 is 0 Å². The highest BCUT2D eigenvalue weighted by Crippen LogP contribution is 2.28. The SMILES string of the molecule is Cc1cccc(COc2ccc(C#N)cc2[N+](=O)[O-])c1. The maximum Gasteiger partial charge on any atom is 0.312 e. The van der Waals surface area contributed by atoms with Gasteiger partial charge in [-0.1, -0.05) is 29.8 Å². The number of ether oxygens (including phenoxy) is 1. The molecule has 0 aliphatic rings. The quantitative estimate of drug-likeness (QED) is 0.629. The summed E-state index contributed by atoms with van der Waals surface area (Å²) in [7, 11) is 0. The summed E-state index contributed by atoms with van der Waals surface area (Å²) in [5, 5.41) is 19.7. The Bertz CT molecular complexity index is 690. The van der Waals surface area contributed by atoms with E-state index in [9.17, 15) is 10.1 Å². The van der Waals surface area contributed by atoms with Crippen molar-refractivity contribution in [2.75, 3.05) is 0 Å². The summed E-state index contributed by atoms with van der Waals surface area (Å²) < 4.78 is 5.49. The first kappa shape index (κ1) is 13.6. The number of aryl methyl sites for hydroxylation is 1. The summed E-state index contributed by atoms with van der Waals surface area (Å²) in [6.45, 7) is 2.21. The fourth-order valence-corrected chi connectivity index (χ4v) is 1.81. The van der Waals surface area contributed by atoms with Crippen molar-refractivity contribution in [2.45, 2.75) is 13.5 Å². The van der Waals surface area contributed by atoms with E-state index in [1.807, 2.05) is 37.3 Å². The molecule has 0 atom stereocenters. The molecule has 0 saturated heterocycles. The molecule has 0 aromatic heterocycles. The molecule has 0 aliphatic carbocycles. The fourth-order valence-electron chi connectivity index (χ4n) is 1.81. The van der Waals surface area contributed by atoms with Crippen molar-refractivity contribution in [1.29, 1.82) is 5.26 Å². The molecule has 2 aromatic carbocycles. The van der Waals surface area contributed by atoms with E-state index in [1.54, 1.807) is 0 Å². The van der Waals surface area contributed by atoms with Crippen LogP contribution in [0.15, 0.2) is 42.5 Å². The standard InChI is InChI=1S/C15H12N2O3/c1-11-3-2-4-13(7-11)10-20-15-6-5-12(9-16)8-14(15)17(18)19/h2-8H,10H2,1H3. The molecule has 0 spiro atoms. The van der Waals surface area contributed by atoms with Gasteiger partial charge in [0.25, 0.3) is 0 Å². The number of nitriles is 1. The van der Waals surface area contributed by atoms with Crippen molar-refractivity contribution < 1.29 is 9.66 Å². The van der Waals surface area contributed by atoms with Crippen molar-refractivity contribution in [3.8, 4) is 11.8 Å². The molecule has 5 nitrogen and oxygen atoms in total. The molecular formula is C15H12N2O3. The summed E-state index contributed by atoms with van der Waals surface area (Å²) in [5.41, 5.74) is 2.07. The van der Waals surface area contributed by atoms with Gasteiger partial charge in [-0.15, -0.1) is 0 Å². The fraction of sp³-hybridized carbons (Fsp3) is 0.133. The summed E-state index contributed by atoms with van der Waals surface area (Å²) in [4.78, 5) is 10.4. The molecule has 0 bridgehead atoms. The van der Waals surface area contributed by atoms with Gasteiger partial charge in [-0.25, -0.2) is 0 Å². The molecule has 100 valence electrons. The van der Waals surface area contributed by atoms with Gasteiger partial charge in [0.2, 0.25) is 0 Å². The molecule has 5 heteroatoms. The summed E-state index contributed by atoms with van der Waals surface area (Å²) in [6.07, 6.45) is 0. The molecule has 2 aromatic rings. The van der Waals surface area contributed by atoms with Crippen LogP contribution in [0.2, 0.25) is 0 Å². The molecule has 0 saturated carbocycles. The van der Waals surface area contributed by atoms with Gasteiger partial charge in [-0.05, 0) is 24.6 Å². The molecule has 2 rings (SSSR count). The molecule has 0 fully saturated rings. The minimum atomic E-state index is -0.549. The van der Waals surface area contributed by atoms with E-state index in [1.165, 1.54) is 18.2 Å². The summed E-state index contributed by atoms with van der Waals surface area (Å²) >= 11 is 0. The molecule has 0 heterocycles. The zero-order valence-corrected chi connectivity index (χ0v) is 10.9. The van der Waals surface area contributed by atoms with Crippen LogP contribution in [-0.4, -0.2) is 4.92 Å². The van der Waals surface area contributed by atoms with Gasteiger partial charge in [0.15, 0.2) is 5.75 Å². The average Bonchev–Trinajstić information content (AvgIpc) is 2.45. The number of nitrogens with zero attached hydrogens (tertiary/aromatic N) is 2. The maximum absolute atomic E-state index is 11.0. The van der Waals surface area contributed by atoms with Gasteiger partial charge in [0.05, 0.1) is 16.6 Å². The van der Waals surface area contributed by atoms with Crippen LogP contribution in [0, 0.1) is 28.4 Å². The first-order chi connectivity index (χ1) is 9.60. The lowest BCUT2D eigenvalue weighted by atomic mass is 10.1. The lowest BCUT2D eigenvalue weighted by Crippen LogP contribution is -1.99. The van der Waals surface area contributed by atoms with Crippen molar-refractivity contribution in [3.05, 3.63) is 69.3 Å². The van der Waals surface area contributed by atoms with Gasteiger partial charge in [-0.2, -0.15) is 5.26 Å². The van der Waals surface area contributed by atoms with Crippen LogP contribution in [0.4, 0.5) is 5.69 Å². The summed E-state index contributed by atoms with van der Waals surface area (Å²) in [5.74, 6) is 0.163. The topological polar surface area (TPSA) is 76.2 Å². The Balaban J connectivity index is 2.21. The normalized spacial score (nSPS) is 9.80. The van der Waals surface area contributed by atoms with Crippen molar-refractivity contribution >= 4 is 5.69 Å². The molecule has 0 unspecified atom stereocenters. The molecule has 0 amide bonds. The highest BCUT2D eigenvalue weighted by Gasteiger charge is 2.16. The van der Waals surface area contributed by atoms with Crippen molar-refractivity contribution in [3.63, 3.8) is 0 Å². The predicted octanol–water partition coefficient (Wildman–Crippen LogP) is 3.35. The number of hydrogen-bond donors (Lipinski definition) is 0. The minimum Gasteiger partial charge on any atom is -0.482 e. The van der Waals surface area contributed by atoms with Crippen LogP contribution in [0.3, 0.4) is 0 Å². The highest BCUT2D eigenvalue weighted by molar-refractivity contribution is 5.51. The van der Waals surface area contributed by atoms with Crippen LogP contribution >= 0.6 is 0 Å². The van der Waals surface area contributed by atoms with Crippen molar-refractivity contribution in [2.24, 2.45) is 0 Å². The second kappa shape index (κ2) is 5.85. The van der Waals surface area contributed by atoms with Crippen molar-refractivity contribution in [1.82, 2.24) is 0 Å². The Morgan fingerprint density at radius 1 is 1.30 bits per heavy atom. The lowest BCUT2D eigenvalue weighted by molar-refractivity contribution is -0.386. The van der Waals surface area contributed by atoms with Crippen LogP contribution in [0.25, 0.3) is 0 Å². The monoisotopic (exact) mass is 268 g/mol.